The first-order valence-corrected chi connectivity index (χ1v) is 3.71. The summed E-state index contributed by atoms with van der Waals surface area (Å²) in [6, 6.07) is 9.66. The van der Waals surface area contributed by atoms with Gasteiger partial charge >= 0.3 is 0 Å². The van der Waals surface area contributed by atoms with E-state index >= 15 is 0 Å². The third kappa shape index (κ3) is 3.47. The topological polar surface area (TPSA) is 35.2 Å². The van der Waals surface area contributed by atoms with Crippen LogP contribution < -0.4 is 5.90 Å². The van der Waals surface area contributed by atoms with Gasteiger partial charge in [-0.25, -0.2) is 5.90 Å². The van der Waals surface area contributed by atoms with Crippen LogP contribution in [0.1, 0.15) is 18.6 Å². The summed E-state index contributed by atoms with van der Waals surface area (Å²) in [5, 5.41) is 0. The van der Waals surface area contributed by atoms with Crippen molar-refractivity contribution in [2.45, 2.75) is 13.0 Å². The van der Waals surface area contributed by atoms with Crippen molar-refractivity contribution in [3.05, 3.63) is 35.9 Å². The zero-order valence-electron chi connectivity index (χ0n) is 7.36. The summed E-state index contributed by atoms with van der Waals surface area (Å²) in [4.78, 5) is 4.70. The Morgan fingerprint density at radius 3 is 2.38 bits per heavy atom. The van der Waals surface area contributed by atoms with E-state index in [2.05, 4.69) is 11.8 Å². The van der Waals surface area contributed by atoms with Crippen LogP contribution in [0.2, 0.25) is 0 Å². The highest BCUT2D eigenvalue weighted by molar-refractivity contribution is 5.85. The van der Waals surface area contributed by atoms with Gasteiger partial charge in [-0.15, -0.1) is 18.3 Å². The number of halogens is 1. The minimum atomic E-state index is -0.309. The zero-order chi connectivity index (χ0) is 8.81. The lowest BCUT2D eigenvalue weighted by atomic mass is 10.1. The fraction of sp³-hybridized carbons (Fsp3) is 0.200. The highest BCUT2D eigenvalue weighted by Crippen LogP contribution is 2.13. The molecule has 0 amide bonds. The van der Waals surface area contributed by atoms with Crippen molar-refractivity contribution in [3.8, 4) is 11.8 Å². The van der Waals surface area contributed by atoms with E-state index in [0.717, 1.165) is 5.56 Å². The first kappa shape index (κ1) is 12.0. The average Bonchev–Trinajstić information content (AvgIpc) is 2.15. The van der Waals surface area contributed by atoms with Crippen molar-refractivity contribution >= 4 is 12.4 Å². The van der Waals surface area contributed by atoms with E-state index in [4.69, 9.17) is 10.7 Å². The third-order valence-electron chi connectivity index (χ3n) is 1.51. The minimum Gasteiger partial charge on any atom is -0.283 e. The molecule has 0 radical (unpaired) electrons. The quantitative estimate of drug-likeness (QED) is 0.582. The fourth-order valence-corrected chi connectivity index (χ4v) is 0.955. The summed E-state index contributed by atoms with van der Waals surface area (Å²) >= 11 is 0. The molecule has 0 spiro atoms. The van der Waals surface area contributed by atoms with Gasteiger partial charge in [-0.2, -0.15) is 0 Å². The molecule has 1 atom stereocenters. The second kappa shape index (κ2) is 6.50. The maximum atomic E-state index is 5.09. The van der Waals surface area contributed by atoms with E-state index in [1.165, 1.54) is 0 Å². The molecule has 0 heterocycles. The molecule has 0 aromatic heterocycles. The van der Waals surface area contributed by atoms with Crippen molar-refractivity contribution in [1.29, 1.82) is 0 Å². The number of hydrogen-bond donors (Lipinski definition) is 1. The van der Waals surface area contributed by atoms with Gasteiger partial charge in [-0.05, 0) is 12.5 Å². The number of nitrogens with two attached hydrogens (primary N) is 1. The molecule has 1 aromatic rings. The van der Waals surface area contributed by atoms with Crippen LogP contribution in [-0.4, -0.2) is 0 Å². The van der Waals surface area contributed by atoms with Crippen molar-refractivity contribution in [3.63, 3.8) is 0 Å². The van der Waals surface area contributed by atoms with Crippen LogP contribution in [0.5, 0.6) is 0 Å². The highest BCUT2D eigenvalue weighted by Gasteiger charge is 2.04. The van der Waals surface area contributed by atoms with Crippen LogP contribution in [0.3, 0.4) is 0 Å². The van der Waals surface area contributed by atoms with E-state index in [1.807, 2.05) is 30.3 Å². The Balaban J connectivity index is 0.00000144. The molecule has 2 nitrogen and oxygen atoms in total. The SMILES string of the molecule is CC#CC(ON)c1ccccc1.Cl. The highest BCUT2D eigenvalue weighted by atomic mass is 35.5. The first-order valence-electron chi connectivity index (χ1n) is 3.71. The second-order valence-corrected chi connectivity index (χ2v) is 2.32. The minimum absolute atomic E-state index is 0. The lowest BCUT2D eigenvalue weighted by Crippen LogP contribution is -2.06. The molecule has 0 aliphatic rings. The van der Waals surface area contributed by atoms with Gasteiger partial charge < -0.3 is 0 Å². The Hall–Kier alpha value is -1.01. The molecule has 0 aliphatic carbocycles. The van der Waals surface area contributed by atoms with Gasteiger partial charge in [0.15, 0.2) is 6.10 Å². The molecule has 2 N–H and O–H groups in total. The Morgan fingerprint density at radius 1 is 1.31 bits per heavy atom. The molecule has 70 valence electrons. The molecule has 1 aromatic carbocycles. The molecule has 0 saturated carbocycles. The normalized spacial score (nSPS) is 10.6. The Bertz CT molecular complexity index is 289. The van der Waals surface area contributed by atoms with Gasteiger partial charge in [0, 0.05) is 0 Å². The molecule has 0 aliphatic heterocycles. The number of benzene rings is 1. The van der Waals surface area contributed by atoms with Gasteiger partial charge in [0.25, 0.3) is 0 Å². The molecular weight excluding hydrogens is 186 g/mol. The second-order valence-electron chi connectivity index (χ2n) is 2.32. The summed E-state index contributed by atoms with van der Waals surface area (Å²) in [5.74, 6) is 10.7. The van der Waals surface area contributed by atoms with Crippen LogP contribution in [-0.2, 0) is 4.84 Å². The molecular formula is C10H12ClNO. The van der Waals surface area contributed by atoms with Gasteiger partial charge in [0.05, 0.1) is 0 Å². The largest absolute Gasteiger partial charge is 0.283 e. The average molecular weight is 198 g/mol. The molecule has 3 heteroatoms. The summed E-state index contributed by atoms with van der Waals surface area (Å²) in [6.07, 6.45) is -0.309. The standard InChI is InChI=1S/C10H11NO.ClH/c1-2-6-10(12-11)9-7-4-3-5-8-9;/h3-5,7-8,10H,11H2,1H3;1H. The number of rotatable bonds is 2. The van der Waals surface area contributed by atoms with Gasteiger partial charge in [0.2, 0.25) is 0 Å². The maximum absolute atomic E-state index is 5.09. The monoisotopic (exact) mass is 197 g/mol. The molecule has 1 unspecified atom stereocenters. The van der Waals surface area contributed by atoms with E-state index in [1.54, 1.807) is 6.92 Å². The maximum Gasteiger partial charge on any atom is 0.164 e. The van der Waals surface area contributed by atoms with Crippen molar-refractivity contribution in [1.82, 2.24) is 0 Å². The summed E-state index contributed by atoms with van der Waals surface area (Å²) in [6.45, 7) is 1.76. The van der Waals surface area contributed by atoms with Crippen LogP contribution in [0.4, 0.5) is 0 Å². The zero-order valence-corrected chi connectivity index (χ0v) is 8.17. The van der Waals surface area contributed by atoms with Crippen LogP contribution in [0, 0.1) is 11.8 Å². The molecule has 0 bridgehead atoms. The molecule has 13 heavy (non-hydrogen) atoms. The predicted octanol–water partition coefficient (Wildman–Crippen LogP) is 2.06. The van der Waals surface area contributed by atoms with Crippen LogP contribution >= 0.6 is 12.4 Å². The van der Waals surface area contributed by atoms with Gasteiger partial charge in [-0.1, -0.05) is 36.3 Å². The molecule has 0 saturated heterocycles. The van der Waals surface area contributed by atoms with E-state index in [0.29, 0.717) is 0 Å². The van der Waals surface area contributed by atoms with Crippen molar-refractivity contribution < 1.29 is 4.84 Å². The summed E-state index contributed by atoms with van der Waals surface area (Å²) in [5.41, 5.74) is 0.981. The van der Waals surface area contributed by atoms with Crippen LogP contribution in [0.15, 0.2) is 30.3 Å². The molecule has 0 fully saturated rings. The predicted molar refractivity (Wildman–Crippen MR) is 55.2 cm³/mol. The number of hydrogen-bond acceptors (Lipinski definition) is 2. The van der Waals surface area contributed by atoms with E-state index in [9.17, 15) is 0 Å². The summed E-state index contributed by atoms with van der Waals surface area (Å²) in [7, 11) is 0. The lowest BCUT2D eigenvalue weighted by molar-refractivity contribution is 0.0934. The van der Waals surface area contributed by atoms with Crippen molar-refractivity contribution in [2.75, 3.05) is 0 Å². The fourth-order valence-electron chi connectivity index (χ4n) is 0.955. The van der Waals surface area contributed by atoms with E-state index in [-0.39, 0.29) is 18.5 Å². The lowest BCUT2D eigenvalue weighted by Gasteiger charge is -2.06. The third-order valence-corrected chi connectivity index (χ3v) is 1.51. The first-order chi connectivity index (χ1) is 5.88. The van der Waals surface area contributed by atoms with E-state index < -0.39 is 0 Å². The molecule has 1 rings (SSSR count). The van der Waals surface area contributed by atoms with Gasteiger partial charge in [-0.3, -0.25) is 4.84 Å². The van der Waals surface area contributed by atoms with Gasteiger partial charge in [0.1, 0.15) is 0 Å². The smallest absolute Gasteiger partial charge is 0.164 e. The van der Waals surface area contributed by atoms with Crippen LogP contribution in [0.25, 0.3) is 0 Å². The summed E-state index contributed by atoms with van der Waals surface area (Å²) < 4.78 is 0. The van der Waals surface area contributed by atoms with Crippen molar-refractivity contribution in [2.24, 2.45) is 5.90 Å². The Kier molecular flexibility index (Phi) is 5.99. The Morgan fingerprint density at radius 2 is 1.92 bits per heavy atom. The Labute approximate surface area is 84.5 Å².